The molecule has 0 aliphatic rings. The van der Waals surface area contributed by atoms with Gasteiger partial charge in [-0.3, -0.25) is 0 Å². The molecule has 2 heterocycles. The van der Waals surface area contributed by atoms with Gasteiger partial charge in [0.15, 0.2) is 0 Å². The summed E-state index contributed by atoms with van der Waals surface area (Å²) >= 11 is 0. The summed E-state index contributed by atoms with van der Waals surface area (Å²) in [4.78, 5) is 22.2. The molecule has 0 aliphatic carbocycles. The molecule has 4 aromatic carbocycles. The van der Waals surface area contributed by atoms with E-state index >= 15 is 0 Å². The highest BCUT2D eigenvalue weighted by atomic mass is 33.1. The van der Waals surface area contributed by atoms with Crippen molar-refractivity contribution >= 4 is 21.6 Å². The molecule has 0 bridgehead atoms. The zero-order chi connectivity index (χ0) is 27.0. The maximum atomic E-state index is 6.19. The normalized spacial score (nSPS) is 10.9. The Morgan fingerprint density at radius 1 is 0.475 bits per heavy atom. The number of imidazole rings is 2. The summed E-state index contributed by atoms with van der Waals surface area (Å²) in [6, 6.07) is 40.4. The van der Waals surface area contributed by atoms with Crippen molar-refractivity contribution < 1.29 is 9.68 Å². The summed E-state index contributed by atoms with van der Waals surface area (Å²) < 4.78 is 3.48. The van der Waals surface area contributed by atoms with E-state index in [9.17, 15) is 0 Å². The maximum absolute atomic E-state index is 6.19. The fourth-order valence-electron chi connectivity index (χ4n) is 4.00. The molecular weight excluding hydrogens is 537 g/mol. The molecule has 0 radical (unpaired) electrons. The average molecular weight is 563 g/mol. The minimum Gasteiger partial charge on any atom is -0.407 e. The first-order chi connectivity index (χ1) is 19.8. The summed E-state index contributed by atoms with van der Waals surface area (Å²) in [5.74, 6) is 0. The molecular formula is C32H26N4O2S2. The SMILES string of the molecule is c1ccc(COn2cc(-c3ccccc3)nc2SSc2nc(-c3ccccc3)cn2OCc2ccccc2)cc1. The van der Waals surface area contributed by atoms with Gasteiger partial charge in [0, 0.05) is 11.1 Å². The molecule has 0 amide bonds. The zero-order valence-electron chi connectivity index (χ0n) is 21.5. The third-order valence-electron chi connectivity index (χ3n) is 6.04. The van der Waals surface area contributed by atoms with Crippen molar-refractivity contribution in [2.24, 2.45) is 0 Å². The van der Waals surface area contributed by atoms with Crippen molar-refractivity contribution in [2.75, 3.05) is 0 Å². The number of nitrogens with zero attached hydrogens (tertiary/aromatic N) is 4. The third-order valence-corrected chi connectivity index (χ3v) is 8.11. The molecule has 0 N–H and O–H groups in total. The zero-order valence-corrected chi connectivity index (χ0v) is 23.2. The van der Waals surface area contributed by atoms with Crippen LogP contribution in [0, 0.1) is 0 Å². The van der Waals surface area contributed by atoms with Crippen molar-refractivity contribution in [1.82, 2.24) is 19.4 Å². The van der Waals surface area contributed by atoms with Crippen LogP contribution in [0.5, 0.6) is 0 Å². The fourth-order valence-corrected chi connectivity index (χ4v) is 5.89. The molecule has 8 heteroatoms. The summed E-state index contributed by atoms with van der Waals surface area (Å²) in [6.07, 6.45) is 3.85. The minimum absolute atomic E-state index is 0.427. The van der Waals surface area contributed by atoms with Crippen molar-refractivity contribution in [1.29, 1.82) is 0 Å². The molecule has 0 unspecified atom stereocenters. The second-order valence-corrected chi connectivity index (χ2v) is 10.9. The van der Waals surface area contributed by atoms with Crippen LogP contribution in [0.25, 0.3) is 22.5 Å². The highest BCUT2D eigenvalue weighted by molar-refractivity contribution is 8.76. The summed E-state index contributed by atoms with van der Waals surface area (Å²) in [5, 5.41) is 1.41. The van der Waals surface area contributed by atoms with Gasteiger partial charge in [-0.05, 0) is 32.7 Å². The van der Waals surface area contributed by atoms with Crippen LogP contribution in [0.2, 0.25) is 0 Å². The molecule has 0 saturated carbocycles. The Labute approximate surface area is 241 Å². The van der Waals surface area contributed by atoms with Crippen LogP contribution in [0.1, 0.15) is 11.1 Å². The standard InChI is InChI=1S/C32H26N4O2S2/c1-5-13-25(14-6-1)23-37-35-21-29(27-17-9-3-10-18-27)33-31(35)39-40-32-34-30(28-19-11-4-12-20-28)22-36(32)38-24-26-15-7-2-8-16-26/h1-22H,23-24H2. The molecule has 2 aromatic heterocycles. The Morgan fingerprint density at radius 3 is 1.20 bits per heavy atom. The van der Waals surface area contributed by atoms with E-state index in [4.69, 9.17) is 19.6 Å². The molecule has 40 heavy (non-hydrogen) atoms. The summed E-state index contributed by atoms with van der Waals surface area (Å²) in [5.41, 5.74) is 5.89. The summed E-state index contributed by atoms with van der Waals surface area (Å²) in [7, 11) is 2.95. The van der Waals surface area contributed by atoms with Crippen molar-refractivity contribution in [3.8, 4) is 22.5 Å². The van der Waals surface area contributed by atoms with E-state index in [0.717, 1.165) is 33.6 Å². The Kier molecular flexibility index (Phi) is 8.17. The number of hydrogen-bond acceptors (Lipinski definition) is 6. The Morgan fingerprint density at radius 2 is 0.825 bits per heavy atom. The fraction of sp³-hybridized carbons (Fsp3) is 0.0625. The smallest absolute Gasteiger partial charge is 0.214 e. The first-order valence-electron chi connectivity index (χ1n) is 12.8. The van der Waals surface area contributed by atoms with Crippen LogP contribution in [0.3, 0.4) is 0 Å². The van der Waals surface area contributed by atoms with E-state index in [1.54, 1.807) is 9.46 Å². The van der Waals surface area contributed by atoms with Crippen molar-refractivity contribution in [3.05, 3.63) is 145 Å². The van der Waals surface area contributed by atoms with E-state index in [1.807, 2.05) is 134 Å². The average Bonchev–Trinajstić information content (AvgIpc) is 3.64. The van der Waals surface area contributed by atoms with Gasteiger partial charge in [0.25, 0.3) is 0 Å². The monoisotopic (exact) mass is 562 g/mol. The molecule has 6 nitrogen and oxygen atoms in total. The first kappa shape index (κ1) is 25.9. The van der Waals surface area contributed by atoms with E-state index in [1.165, 1.54) is 21.6 Å². The highest BCUT2D eigenvalue weighted by Crippen LogP contribution is 2.38. The molecule has 0 aliphatic heterocycles. The maximum Gasteiger partial charge on any atom is 0.214 e. The molecule has 0 atom stereocenters. The van der Waals surface area contributed by atoms with Crippen molar-refractivity contribution in [2.45, 2.75) is 23.5 Å². The van der Waals surface area contributed by atoms with Gasteiger partial charge in [-0.2, -0.15) is 9.46 Å². The van der Waals surface area contributed by atoms with Crippen LogP contribution >= 0.6 is 21.6 Å². The second-order valence-electron chi connectivity index (χ2n) is 8.89. The number of aromatic nitrogens is 4. The predicted octanol–water partition coefficient (Wildman–Crippen LogP) is 7.47. The topological polar surface area (TPSA) is 54.1 Å². The molecule has 198 valence electrons. The highest BCUT2D eigenvalue weighted by Gasteiger charge is 2.17. The van der Waals surface area contributed by atoms with E-state index < -0.39 is 0 Å². The van der Waals surface area contributed by atoms with Crippen LogP contribution < -0.4 is 9.68 Å². The van der Waals surface area contributed by atoms with Gasteiger partial charge in [-0.25, -0.2) is 9.97 Å². The van der Waals surface area contributed by atoms with Crippen molar-refractivity contribution in [3.63, 3.8) is 0 Å². The summed E-state index contributed by atoms with van der Waals surface area (Å²) in [6.45, 7) is 0.854. The van der Waals surface area contributed by atoms with Crippen LogP contribution in [-0.4, -0.2) is 19.4 Å². The quantitative estimate of drug-likeness (QED) is 0.153. The lowest BCUT2D eigenvalue weighted by atomic mass is 10.2. The van der Waals surface area contributed by atoms with Crippen LogP contribution in [-0.2, 0) is 13.2 Å². The Hall–Kier alpha value is -4.40. The van der Waals surface area contributed by atoms with Crippen LogP contribution in [0.4, 0.5) is 0 Å². The molecule has 0 saturated heterocycles. The van der Waals surface area contributed by atoms with E-state index in [0.29, 0.717) is 23.5 Å². The largest absolute Gasteiger partial charge is 0.407 e. The Balaban J connectivity index is 1.26. The predicted molar refractivity (Wildman–Crippen MR) is 160 cm³/mol. The lowest BCUT2D eigenvalue weighted by molar-refractivity contribution is 0.0781. The first-order valence-corrected chi connectivity index (χ1v) is 15.0. The molecule has 6 aromatic rings. The lowest BCUT2D eigenvalue weighted by Crippen LogP contribution is -2.12. The van der Waals surface area contributed by atoms with Gasteiger partial charge in [0.05, 0.1) is 23.8 Å². The van der Waals surface area contributed by atoms with Gasteiger partial charge in [-0.1, -0.05) is 121 Å². The second kappa shape index (κ2) is 12.6. The van der Waals surface area contributed by atoms with Gasteiger partial charge in [0.1, 0.15) is 13.2 Å². The van der Waals surface area contributed by atoms with E-state index in [-0.39, 0.29) is 0 Å². The number of benzene rings is 4. The van der Waals surface area contributed by atoms with Crippen LogP contribution in [0.15, 0.2) is 144 Å². The minimum atomic E-state index is 0.427. The van der Waals surface area contributed by atoms with Gasteiger partial charge in [0.2, 0.25) is 10.3 Å². The molecule has 6 rings (SSSR count). The molecule has 0 fully saturated rings. The van der Waals surface area contributed by atoms with Gasteiger partial charge >= 0.3 is 0 Å². The molecule has 0 spiro atoms. The third kappa shape index (κ3) is 6.42. The number of rotatable bonds is 11. The van der Waals surface area contributed by atoms with Gasteiger partial charge in [-0.15, -0.1) is 0 Å². The Bertz CT molecular complexity index is 1520. The lowest BCUT2D eigenvalue weighted by Gasteiger charge is -2.10. The van der Waals surface area contributed by atoms with E-state index in [2.05, 4.69) is 0 Å². The number of hydrogen-bond donors (Lipinski definition) is 0. The van der Waals surface area contributed by atoms with Gasteiger partial charge < -0.3 is 9.68 Å².